The number of nitrogens with one attached hydrogen (secondary N) is 1. The second kappa shape index (κ2) is 6.30. The van der Waals surface area contributed by atoms with Crippen molar-refractivity contribution >= 4 is 16.5 Å². The van der Waals surface area contributed by atoms with Gasteiger partial charge in [-0.3, -0.25) is 0 Å². The molecule has 1 aromatic rings. The molecule has 0 spiro atoms. The monoisotopic (exact) mass is 307 g/mol. The topological polar surface area (TPSA) is 28.2 Å². The van der Waals surface area contributed by atoms with E-state index >= 15 is 0 Å². The van der Waals surface area contributed by atoms with Gasteiger partial charge in [-0.15, -0.1) is 11.3 Å². The molecule has 0 radical (unpaired) electrons. The van der Waals surface area contributed by atoms with Gasteiger partial charge < -0.3 is 10.2 Å². The average molecular weight is 307 g/mol. The van der Waals surface area contributed by atoms with E-state index in [2.05, 4.69) is 10.3 Å². The SMILES string of the molecule is CCc1nc(N(C)CCC(F)(F)F)sc1CNC1CC1. The lowest BCUT2D eigenvalue weighted by Gasteiger charge is -2.16. The van der Waals surface area contributed by atoms with E-state index in [1.165, 1.54) is 24.2 Å². The maximum Gasteiger partial charge on any atom is 0.390 e. The third-order valence-corrected chi connectivity index (χ3v) is 4.50. The first kappa shape index (κ1) is 15.6. The molecule has 1 saturated carbocycles. The number of nitrogens with zero attached hydrogens (tertiary/aromatic N) is 2. The van der Waals surface area contributed by atoms with Crippen molar-refractivity contribution in [2.75, 3.05) is 18.5 Å². The van der Waals surface area contributed by atoms with Crippen LogP contribution in [0.25, 0.3) is 0 Å². The van der Waals surface area contributed by atoms with Crippen LogP contribution in [0.1, 0.15) is 36.8 Å². The zero-order valence-corrected chi connectivity index (χ0v) is 12.6. The zero-order valence-electron chi connectivity index (χ0n) is 11.8. The third-order valence-electron chi connectivity index (χ3n) is 3.29. The lowest BCUT2D eigenvalue weighted by Crippen LogP contribution is -2.23. The summed E-state index contributed by atoms with van der Waals surface area (Å²) < 4.78 is 36.7. The summed E-state index contributed by atoms with van der Waals surface area (Å²) in [6.45, 7) is 2.75. The van der Waals surface area contributed by atoms with Gasteiger partial charge in [0, 0.05) is 31.1 Å². The van der Waals surface area contributed by atoms with Crippen molar-refractivity contribution in [3.8, 4) is 0 Å². The van der Waals surface area contributed by atoms with Crippen LogP contribution in [0, 0.1) is 0 Å². The van der Waals surface area contributed by atoms with Crippen LogP contribution in [0.15, 0.2) is 0 Å². The quantitative estimate of drug-likeness (QED) is 0.837. The van der Waals surface area contributed by atoms with E-state index in [1.54, 1.807) is 11.9 Å². The number of thiazole rings is 1. The Balaban J connectivity index is 1.95. The molecule has 0 atom stereocenters. The standard InChI is InChI=1S/C13H20F3N3S/c1-3-10-11(8-17-9-4-5-9)20-12(18-10)19(2)7-6-13(14,15)16/h9,17H,3-8H2,1-2H3. The van der Waals surface area contributed by atoms with E-state index in [4.69, 9.17) is 0 Å². The maximum atomic E-state index is 12.2. The molecule has 0 aromatic carbocycles. The van der Waals surface area contributed by atoms with Gasteiger partial charge in [0.15, 0.2) is 5.13 Å². The van der Waals surface area contributed by atoms with Gasteiger partial charge in [0.2, 0.25) is 0 Å². The summed E-state index contributed by atoms with van der Waals surface area (Å²) in [4.78, 5) is 7.21. The van der Waals surface area contributed by atoms with Gasteiger partial charge in [-0.05, 0) is 19.3 Å². The van der Waals surface area contributed by atoms with E-state index in [-0.39, 0.29) is 6.54 Å². The van der Waals surface area contributed by atoms with Crippen molar-refractivity contribution in [3.05, 3.63) is 10.6 Å². The van der Waals surface area contributed by atoms with Crippen LogP contribution in [-0.2, 0) is 13.0 Å². The first-order chi connectivity index (χ1) is 9.39. The molecule has 3 nitrogen and oxygen atoms in total. The highest BCUT2D eigenvalue weighted by atomic mass is 32.1. The summed E-state index contributed by atoms with van der Waals surface area (Å²) in [5.41, 5.74) is 0.997. The molecule has 1 aliphatic carbocycles. The van der Waals surface area contributed by atoms with Crippen LogP contribution < -0.4 is 10.2 Å². The molecule has 1 N–H and O–H groups in total. The Labute approximate surface area is 121 Å². The fraction of sp³-hybridized carbons (Fsp3) is 0.769. The van der Waals surface area contributed by atoms with E-state index < -0.39 is 12.6 Å². The van der Waals surface area contributed by atoms with Crippen molar-refractivity contribution in [2.45, 2.75) is 51.4 Å². The van der Waals surface area contributed by atoms with Gasteiger partial charge in [0.25, 0.3) is 0 Å². The first-order valence-corrected chi connectivity index (χ1v) is 7.70. The molecular weight excluding hydrogens is 287 g/mol. The molecule has 114 valence electrons. The molecule has 1 aliphatic rings. The number of aromatic nitrogens is 1. The fourth-order valence-electron chi connectivity index (χ4n) is 1.86. The molecule has 1 heterocycles. The van der Waals surface area contributed by atoms with E-state index in [0.717, 1.165) is 23.5 Å². The normalized spacial score (nSPS) is 15.7. The van der Waals surface area contributed by atoms with Crippen LogP contribution in [0.5, 0.6) is 0 Å². The minimum atomic E-state index is -4.12. The Morgan fingerprint density at radius 2 is 2.10 bits per heavy atom. The molecule has 0 amide bonds. The second-order valence-electron chi connectivity index (χ2n) is 5.16. The lowest BCUT2D eigenvalue weighted by molar-refractivity contribution is -0.132. The van der Waals surface area contributed by atoms with Gasteiger partial charge >= 0.3 is 6.18 Å². The molecule has 0 aliphatic heterocycles. The summed E-state index contributed by atoms with van der Waals surface area (Å²) in [6.07, 6.45) is -1.67. The molecule has 1 aromatic heterocycles. The highest BCUT2D eigenvalue weighted by molar-refractivity contribution is 7.15. The average Bonchev–Trinajstić information content (AvgIpc) is 3.11. The summed E-state index contributed by atoms with van der Waals surface area (Å²) in [7, 11) is 1.67. The van der Waals surface area contributed by atoms with Crippen LogP contribution in [0.2, 0.25) is 0 Å². The molecule has 20 heavy (non-hydrogen) atoms. The molecule has 1 fully saturated rings. The van der Waals surface area contributed by atoms with Crippen molar-refractivity contribution in [3.63, 3.8) is 0 Å². The maximum absolute atomic E-state index is 12.2. The molecule has 2 rings (SSSR count). The van der Waals surface area contributed by atoms with Gasteiger partial charge in [-0.1, -0.05) is 6.92 Å². The van der Waals surface area contributed by atoms with Crippen molar-refractivity contribution in [1.82, 2.24) is 10.3 Å². The minimum absolute atomic E-state index is 0.0460. The zero-order chi connectivity index (χ0) is 14.8. The lowest BCUT2D eigenvalue weighted by atomic mass is 10.3. The molecule has 0 unspecified atom stereocenters. The van der Waals surface area contributed by atoms with Crippen LogP contribution >= 0.6 is 11.3 Å². The summed E-state index contributed by atoms with van der Waals surface area (Å²) >= 11 is 1.50. The van der Waals surface area contributed by atoms with E-state index in [9.17, 15) is 13.2 Å². The Bertz CT molecular complexity index is 441. The number of alkyl halides is 3. The first-order valence-electron chi connectivity index (χ1n) is 6.89. The van der Waals surface area contributed by atoms with Crippen LogP contribution in [0.4, 0.5) is 18.3 Å². The van der Waals surface area contributed by atoms with Gasteiger partial charge in [-0.25, -0.2) is 4.98 Å². The summed E-state index contributed by atoms with van der Waals surface area (Å²) in [6, 6.07) is 0.619. The van der Waals surface area contributed by atoms with Gasteiger partial charge in [0.1, 0.15) is 0 Å². The van der Waals surface area contributed by atoms with Gasteiger partial charge in [0.05, 0.1) is 12.1 Å². The van der Waals surface area contributed by atoms with E-state index in [1.807, 2.05) is 6.92 Å². The third kappa shape index (κ3) is 4.63. The number of halogens is 3. The molecule has 0 saturated heterocycles. The van der Waals surface area contributed by atoms with Crippen LogP contribution in [-0.4, -0.2) is 30.8 Å². The minimum Gasteiger partial charge on any atom is -0.351 e. The molecular formula is C13H20F3N3S. The number of aryl methyl sites for hydroxylation is 1. The van der Waals surface area contributed by atoms with Crippen molar-refractivity contribution in [1.29, 1.82) is 0 Å². The Morgan fingerprint density at radius 1 is 1.40 bits per heavy atom. The summed E-state index contributed by atoms with van der Waals surface area (Å²) in [5.74, 6) is 0. The highest BCUT2D eigenvalue weighted by Crippen LogP contribution is 2.29. The highest BCUT2D eigenvalue weighted by Gasteiger charge is 2.28. The van der Waals surface area contributed by atoms with E-state index in [0.29, 0.717) is 11.2 Å². The molecule has 7 heteroatoms. The number of hydrogen-bond acceptors (Lipinski definition) is 4. The number of rotatable bonds is 7. The number of anilines is 1. The Morgan fingerprint density at radius 3 is 2.65 bits per heavy atom. The van der Waals surface area contributed by atoms with Crippen molar-refractivity contribution in [2.24, 2.45) is 0 Å². The largest absolute Gasteiger partial charge is 0.390 e. The Hall–Kier alpha value is -0.820. The predicted molar refractivity (Wildman–Crippen MR) is 75.3 cm³/mol. The van der Waals surface area contributed by atoms with Crippen LogP contribution in [0.3, 0.4) is 0 Å². The second-order valence-corrected chi connectivity index (χ2v) is 6.22. The smallest absolute Gasteiger partial charge is 0.351 e. The van der Waals surface area contributed by atoms with Gasteiger partial charge in [-0.2, -0.15) is 13.2 Å². The van der Waals surface area contributed by atoms with Crippen molar-refractivity contribution < 1.29 is 13.2 Å². The Kier molecular flexibility index (Phi) is 4.90. The molecule has 0 bridgehead atoms. The summed E-state index contributed by atoms with van der Waals surface area (Å²) in [5, 5.41) is 4.11. The fourth-order valence-corrected chi connectivity index (χ4v) is 2.95. The number of hydrogen-bond donors (Lipinski definition) is 1. The predicted octanol–water partition coefficient (Wildman–Crippen LogP) is 3.35.